The van der Waals surface area contributed by atoms with Crippen molar-refractivity contribution in [1.82, 2.24) is 29.4 Å². The Kier molecular flexibility index (Phi) is 5.27. The highest BCUT2D eigenvalue weighted by molar-refractivity contribution is 6.06. The first-order valence-corrected chi connectivity index (χ1v) is 9.60. The Bertz CT molecular complexity index is 856. The highest BCUT2D eigenvalue weighted by Crippen LogP contribution is 2.42. The van der Waals surface area contributed by atoms with Gasteiger partial charge in [-0.1, -0.05) is 0 Å². The number of carbonyl (C=O) groups excluding carboxylic acids is 8. The number of urea groups is 2. The smallest absolute Gasteiger partial charge is 0.293 e. The van der Waals surface area contributed by atoms with Crippen LogP contribution in [0, 0.1) is 0 Å². The minimum atomic E-state index is -1.52. The number of amides is 10. The van der Waals surface area contributed by atoms with Gasteiger partial charge in [-0.15, -0.1) is 0 Å². The molecule has 4 atom stereocenters. The predicted molar refractivity (Wildman–Crippen MR) is 101 cm³/mol. The maximum Gasteiger partial charge on any atom is 0.337 e. The van der Waals surface area contributed by atoms with Crippen molar-refractivity contribution in [2.45, 2.75) is 66.2 Å². The van der Waals surface area contributed by atoms with Gasteiger partial charge in [0, 0.05) is 41.5 Å². The van der Waals surface area contributed by atoms with E-state index in [9.17, 15) is 38.4 Å². The molecule has 0 saturated carbocycles. The molecule has 0 aromatic heterocycles. The molecule has 0 bridgehead atoms. The number of fused-ring (bicyclic) bond motifs is 2. The number of hydrogen-bond acceptors (Lipinski definition) is 8. The van der Waals surface area contributed by atoms with Crippen LogP contribution in [-0.2, 0) is 28.8 Å². The van der Waals surface area contributed by atoms with Crippen molar-refractivity contribution in [2.24, 2.45) is 0 Å². The van der Waals surface area contributed by atoms with Gasteiger partial charge < -0.3 is 0 Å². The molecule has 0 N–H and O–H groups in total. The second-order valence-electron chi connectivity index (χ2n) is 7.63. The minimum absolute atomic E-state index is 0.624. The summed E-state index contributed by atoms with van der Waals surface area (Å²) in [5.74, 6) is -4.83. The molecule has 0 spiro atoms. The molecule has 3 rings (SSSR count). The molecule has 3 aliphatic rings. The molecule has 14 nitrogen and oxygen atoms in total. The van der Waals surface area contributed by atoms with Crippen molar-refractivity contribution in [3.63, 3.8) is 0 Å². The summed E-state index contributed by atoms with van der Waals surface area (Å²) in [6.07, 6.45) is -6.08. The first-order valence-electron chi connectivity index (χ1n) is 9.60. The Morgan fingerprint density at radius 1 is 0.438 bits per heavy atom. The number of piperazine rings is 1. The van der Waals surface area contributed by atoms with Crippen LogP contribution in [-0.4, -0.2) is 102 Å². The molecule has 32 heavy (non-hydrogen) atoms. The van der Waals surface area contributed by atoms with Crippen LogP contribution >= 0.6 is 0 Å². The topological polar surface area (TPSA) is 156 Å². The molecule has 10 amide bonds. The van der Waals surface area contributed by atoms with Crippen LogP contribution in [0.25, 0.3) is 0 Å². The predicted octanol–water partition coefficient (Wildman–Crippen LogP) is -1.34. The van der Waals surface area contributed by atoms with E-state index in [1.165, 1.54) is 0 Å². The number of rotatable bonds is 0. The average Bonchev–Trinajstić information content (AvgIpc) is 3.09. The normalized spacial score (nSPS) is 26.9. The van der Waals surface area contributed by atoms with Gasteiger partial charge in [-0.2, -0.15) is 0 Å². The molecule has 3 aliphatic heterocycles. The van der Waals surface area contributed by atoms with E-state index in [1.54, 1.807) is 0 Å². The van der Waals surface area contributed by atoms with Crippen LogP contribution in [0.1, 0.15) is 41.5 Å². The zero-order valence-electron chi connectivity index (χ0n) is 18.3. The summed E-state index contributed by atoms with van der Waals surface area (Å²) in [4.78, 5) is 105. The van der Waals surface area contributed by atoms with Crippen LogP contribution in [0.15, 0.2) is 0 Å². The Morgan fingerprint density at radius 2 is 0.625 bits per heavy atom. The zero-order chi connectivity index (χ0) is 24.4. The van der Waals surface area contributed by atoms with Gasteiger partial charge in [0.05, 0.1) is 0 Å². The van der Waals surface area contributed by atoms with E-state index in [-0.39, 0.29) is 0 Å². The summed E-state index contributed by atoms with van der Waals surface area (Å²) in [6.45, 7) is 6.29. The summed E-state index contributed by atoms with van der Waals surface area (Å²) in [5.41, 5.74) is 0. The molecular formula is C18H22N6O8. The maximum atomic E-state index is 13.0. The lowest BCUT2D eigenvalue weighted by atomic mass is 10.1. The summed E-state index contributed by atoms with van der Waals surface area (Å²) in [6, 6.07) is -2.15. The Morgan fingerprint density at radius 3 is 0.750 bits per heavy atom. The van der Waals surface area contributed by atoms with Crippen molar-refractivity contribution >= 4 is 47.5 Å². The summed E-state index contributed by atoms with van der Waals surface area (Å²) in [5, 5.41) is 0. The lowest BCUT2D eigenvalue weighted by Crippen LogP contribution is -2.76. The van der Waals surface area contributed by atoms with Gasteiger partial charge in [0.2, 0.25) is 35.4 Å². The monoisotopic (exact) mass is 450 g/mol. The third kappa shape index (κ3) is 2.85. The molecule has 172 valence electrons. The summed E-state index contributed by atoms with van der Waals surface area (Å²) >= 11 is 0. The maximum absolute atomic E-state index is 13.0. The Balaban J connectivity index is 2.38. The van der Waals surface area contributed by atoms with Crippen molar-refractivity contribution < 1.29 is 38.4 Å². The highest BCUT2D eigenvalue weighted by atomic mass is 16.2. The lowest BCUT2D eigenvalue weighted by Gasteiger charge is -2.52. The molecule has 0 radical (unpaired) electrons. The van der Waals surface area contributed by atoms with Gasteiger partial charge in [-0.25, -0.2) is 29.2 Å². The van der Waals surface area contributed by atoms with Crippen LogP contribution in [0.3, 0.4) is 0 Å². The minimum Gasteiger partial charge on any atom is -0.293 e. The fraction of sp³-hybridized carbons (Fsp3) is 0.556. The molecule has 0 aliphatic carbocycles. The fourth-order valence-corrected chi connectivity index (χ4v) is 4.63. The summed E-state index contributed by atoms with van der Waals surface area (Å²) in [7, 11) is 0. The molecule has 0 aromatic carbocycles. The van der Waals surface area contributed by atoms with Crippen LogP contribution < -0.4 is 0 Å². The van der Waals surface area contributed by atoms with Crippen LogP contribution in [0.2, 0.25) is 0 Å². The molecular weight excluding hydrogens is 428 g/mol. The summed E-state index contributed by atoms with van der Waals surface area (Å²) < 4.78 is 0. The quantitative estimate of drug-likeness (QED) is 0.439. The average molecular weight is 450 g/mol. The Labute approximate surface area is 182 Å². The van der Waals surface area contributed by atoms with E-state index >= 15 is 0 Å². The van der Waals surface area contributed by atoms with Gasteiger partial charge in [-0.05, 0) is 0 Å². The van der Waals surface area contributed by atoms with E-state index < -0.39 is 72.2 Å². The lowest BCUT2D eigenvalue weighted by molar-refractivity contribution is -0.187. The van der Waals surface area contributed by atoms with Gasteiger partial charge in [0.1, 0.15) is 0 Å². The standard InChI is InChI=1S/C18H22N6O8/c1-7(25)19-13-15(23(11(5)29)17(31)21(13)9(3)27)20(8(2)26)16-14(19)22(10(4)28)18(32)24(16)12(6)30/h13-16H,1-6H3/t13-,14-,15-,16-/m1/s1. The van der Waals surface area contributed by atoms with Gasteiger partial charge >= 0.3 is 12.1 Å². The van der Waals surface area contributed by atoms with Gasteiger partial charge in [0.25, 0.3) is 0 Å². The Hall–Kier alpha value is -3.84. The molecule has 0 aromatic rings. The molecule has 3 fully saturated rings. The van der Waals surface area contributed by atoms with E-state index in [0.717, 1.165) is 51.3 Å². The first-order chi connectivity index (χ1) is 14.7. The molecule has 3 saturated heterocycles. The molecule has 14 heteroatoms. The SMILES string of the molecule is CC(=O)N1C(=O)N(C(C)=O)[C@@H]2[C@@H]1N(C(C)=O)[C@H]1[C@@H](N(C(C)=O)C(=O)N1C(C)=O)N2C(C)=O. The third-order valence-corrected chi connectivity index (χ3v) is 5.64. The van der Waals surface area contributed by atoms with E-state index in [4.69, 9.17) is 0 Å². The van der Waals surface area contributed by atoms with Gasteiger partial charge in [0.15, 0.2) is 24.7 Å². The third-order valence-electron chi connectivity index (χ3n) is 5.64. The number of carbonyl (C=O) groups is 8. The number of hydrogen-bond donors (Lipinski definition) is 0. The number of imide groups is 4. The number of nitrogens with zero attached hydrogens (tertiary/aromatic N) is 6. The van der Waals surface area contributed by atoms with Crippen LogP contribution in [0.4, 0.5) is 9.59 Å². The van der Waals surface area contributed by atoms with Crippen molar-refractivity contribution in [2.75, 3.05) is 0 Å². The van der Waals surface area contributed by atoms with Crippen molar-refractivity contribution in [1.29, 1.82) is 0 Å². The largest absolute Gasteiger partial charge is 0.337 e. The van der Waals surface area contributed by atoms with Crippen molar-refractivity contribution in [3.8, 4) is 0 Å². The zero-order valence-corrected chi connectivity index (χ0v) is 18.3. The van der Waals surface area contributed by atoms with E-state index in [0.29, 0.717) is 19.6 Å². The van der Waals surface area contributed by atoms with Gasteiger partial charge in [-0.3, -0.25) is 38.6 Å². The molecule has 0 unspecified atom stereocenters. The van der Waals surface area contributed by atoms with E-state index in [1.807, 2.05) is 0 Å². The van der Waals surface area contributed by atoms with Crippen molar-refractivity contribution in [3.05, 3.63) is 0 Å². The van der Waals surface area contributed by atoms with Crippen LogP contribution in [0.5, 0.6) is 0 Å². The second-order valence-corrected chi connectivity index (χ2v) is 7.63. The highest BCUT2D eigenvalue weighted by Gasteiger charge is 2.69. The van der Waals surface area contributed by atoms with E-state index in [2.05, 4.69) is 0 Å². The second kappa shape index (κ2) is 7.39. The molecule has 3 heterocycles. The first kappa shape index (κ1) is 22.8. The fourth-order valence-electron chi connectivity index (χ4n) is 4.63.